The van der Waals surface area contributed by atoms with Gasteiger partial charge < -0.3 is 19.8 Å². The highest BCUT2D eigenvalue weighted by molar-refractivity contribution is 5.99. The minimum absolute atomic E-state index is 0.00468. The maximum atomic E-state index is 12.5. The lowest BCUT2D eigenvalue weighted by molar-refractivity contribution is -0.122. The van der Waals surface area contributed by atoms with Crippen LogP contribution >= 0.6 is 0 Å². The molecule has 0 saturated carbocycles. The third kappa shape index (κ3) is 4.04. The summed E-state index contributed by atoms with van der Waals surface area (Å²) in [5.74, 6) is -0.246. The van der Waals surface area contributed by atoms with Gasteiger partial charge in [0.05, 0.1) is 6.10 Å². The standard InChI is InChI=1S/C19H22N2O5/c1-11(2)25-13-7-6-12-9-14(19(24)26-16(12)10-13)17(22)21-15-5-3-4-8-20-18(15)23/h6-7,9-11,15H,3-5,8H2,1-2H3,(H,20,23)(H,21,22). The quantitative estimate of drug-likeness (QED) is 0.815. The monoisotopic (exact) mass is 358 g/mol. The van der Waals surface area contributed by atoms with Crippen LogP contribution in [0, 0.1) is 0 Å². The largest absolute Gasteiger partial charge is 0.491 e. The molecule has 2 amide bonds. The molecule has 1 aromatic carbocycles. The minimum Gasteiger partial charge on any atom is -0.491 e. The van der Waals surface area contributed by atoms with Crippen molar-refractivity contribution in [1.82, 2.24) is 10.6 Å². The molecule has 1 unspecified atom stereocenters. The minimum atomic E-state index is -0.745. The van der Waals surface area contributed by atoms with Gasteiger partial charge in [-0.2, -0.15) is 0 Å². The van der Waals surface area contributed by atoms with Crippen LogP contribution in [0.5, 0.6) is 5.75 Å². The topological polar surface area (TPSA) is 97.6 Å². The summed E-state index contributed by atoms with van der Waals surface area (Å²) in [5.41, 5.74) is -0.519. The summed E-state index contributed by atoms with van der Waals surface area (Å²) in [6.45, 7) is 4.40. The van der Waals surface area contributed by atoms with Crippen molar-refractivity contribution in [2.45, 2.75) is 45.3 Å². The first-order chi connectivity index (χ1) is 12.4. The molecule has 26 heavy (non-hydrogen) atoms. The molecular formula is C19H22N2O5. The van der Waals surface area contributed by atoms with E-state index in [1.807, 2.05) is 13.8 Å². The SMILES string of the molecule is CC(C)Oc1ccc2cc(C(=O)NC3CCCCNC3=O)c(=O)oc2c1. The molecular weight excluding hydrogens is 336 g/mol. The summed E-state index contributed by atoms with van der Waals surface area (Å²) < 4.78 is 10.9. The highest BCUT2D eigenvalue weighted by Gasteiger charge is 2.24. The molecule has 1 aromatic heterocycles. The van der Waals surface area contributed by atoms with Crippen LogP contribution in [0.4, 0.5) is 0 Å². The van der Waals surface area contributed by atoms with Gasteiger partial charge in [0.1, 0.15) is 22.9 Å². The van der Waals surface area contributed by atoms with Gasteiger partial charge in [0.25, 0.3) is 5.91 Å². The number of carbonyl (C=O) groups is 2. The van der Waals surface area contributed by atoms with E-state index in [4.69, 9.17) is 9.15 Å². The van der Waals surface area contributed by atoms with Gasteiger partial charge in [-0.05, 0) is 51.3 Å². The molecule has 138 valence electrons. The number of fused-ring (bicyclic) bond motifs is 1. The fourth-order valence-electron chi connectivity index (χ4n) is 2.91. The molecule has 3 rings (SSSR count). The van der Waals surface area contributed by atoms with Crippen molar-refractivity contribution >= 4 is 22.8 Å². The van der Waals surface area contributed by atoms with E-state index in [1.165, 1.54) is 6.07 Å². The van der Waals surface area contributed by atoms with E-state index >= 15 is 0 Å². The van der Waals surface area contributed by atoms with E-state index in [9.17, 15) is 14.4 Å². The second-order valence-corrected chi connectivity index (χ2v) is 6.63. The van der Waals surface area contributed by atoms with Gasteiger partial charge in [-0.3, -0.25) is 9.59 Å². The highest BCUT2D eigenvalue weighted by Crippen LogP contribution is 2.21. The lowest BCUT2D eigenvalue weighted by atomic mass is 10.1. The molecule has 1 atom stereocenters. The van der Waals surface area contributed by atoms with Gasteiger partial charge >= 0.3 is 5.63 Å². The highest BCUT2D eigenvalue weighted by atomic mass is 16.5. The number of benzene rings is 1. The van der Waals surface area contributed by atoms with Crippen molar-refractivity contribution in [1.29, 1.82) is 0 Å². The molecule has 7 nitrogen and oxygen atoms in total. The summed E-state index contributed by atoms with van der Waals surface area (Å²) in [5, 5.41) is 5.99. The molecule has 2 N–H and O–H groups in total. The normalized spacial score (nSPS) is 17.7. The van der Waals surface area contributed by atoms with Gasteiger partial charge in [0.15, 0.2) is 0 Å². The molecule has 0 spiro atoms. The average Bonchev–Trinajstić information content (AvgIpc) is 2.78. The second-order valence-electron chi connectivity index (χ2n) is 6.63. The smallest absolute Gasteiger partial charge is 0.349 e. The Bertz CT molecular complexity index is 887. The van der Waals surface area contributed by atoms with Crippen molar-refractivity contribution in [3.05, 3.63) is 40.2 Å². The van der Waals surface area contributed by atoms with Crippen molar-refractivity contribution in [2.75, 3.05) is 6.54 Å². The van der Waals surface area contributed by atoms with Gasteiger partial charge in [0.2, 0.25) is 5.91 Å². The van der Waals surface area contributed by atoms with Gasteiger partial charge in [-0.15, -0.1) is 0 Å². The Labute approximate surface area is 150 Å². The summed E-state index contributed by atoms with van der Waals surface area (Å²) in [6, 6.07) is 5.94. The molecule has 1 aliphatic rings. The third-order valence-electron chi connectivity index (χ3n) is 4.16. The first kappa shape index (κ1) is 18.0. The summed E-state index contributed by atoms with van der Waals surface area (Å²) in [6.07, 6.45) is 2.24. The number of carbonyl (C=O) groups excluding carboxylic acids is 2. The summed E-state index contributed by atoms with van der Waals surface area (Å²) >= 11 is 0. The Morgan fingerprint density at radius 2 is 2.08 bits per heavy atom. The number of hydrogen-bond donors (Lipinski definition) is 2. The van der Waals surface area contributed by atoms with E-state index in [0.717, 1.165) is 12.8 Å². The van der Waals surface area contributed by atoms with E-state index in [0.29, 0.717) is 29.7 Å². The van der Waals surface area contributed by atoms with E-state index < -0.39 is 17.6 Å². The number of nitrogens with one attached hydrogen (secondary N) is 2. The lowest BCUT2D eigenvalue weighted by Gasteiger charge is -2.15. The van der Waals surface area contributed by atoms with Crippen LogP contribution in [0.2, 0.25) is 0 Å². The Hall–Kier alpha value is -2.83. The predicted octanol–water partition coefficient (Wildman–Crippen LogP) is 1.98. The van der Waals surface area contributed by atoms with Gasteiger partial charge in [-0.1, -0.05) is 0 Å². The maximum absolute atomic E-state index is 12.5. The van der Waals surface area contributed by atoms with Crippen LogP contribution in [0.3, 0.4) is 0 Å². The molecule has 0 bridgehead atoms. The zero-order chi connectivity index (χ0) is 18.7. The first-order valence-electron chi connectivity index (χ1n) is 8.77. The fraction of sp³-hybridized carbons (Fsp3) is 0.421. The number of hydrogen-bond acceptors (Lipinski definition) is 5. The molecule has 1 aliphatic heterocycles. The average molecular weight is 358 g/mol. The summed E-state index contributed by atoms with van der Waals surface area (Å²) in [7, 11) is 0. The van der Waals surface area contributed by atoms with Crippen LogP contribution in [-0.4, -0.2) is 30.5 Å². The third-order valence-corrected chi connectivity index (χ3v) is 4.16. The zero-order valence-corrected chi connectivity index (χ0v) is 14.8. The Balaban J connectivity index is 1.85. The van der Waals surface area contributed by atoms with Gasteiger partial charge in [0, 0.05) is 18.0 Å². The van der Waals surface area contributed by atoms with E-state index in [2.05, 4.69) is 10.6 Å². The molecule has 2 aromatic rings. The lowest BCUT2D eigenvalue weighted by Crippen LogP contribution is -2.46. The maximum Gasteiger partial charge on any atom is 0.349 e. The zero-order valence-electron chi connectivity index (χ0n) is 14.8. The van der Waals surface area contributed by atoms with Crippen LogP contribution < -0.4 is 21.0 Å². The van der Waals surface area contributed by atoms with Crippen molar-refractivity contribution < 1.29 is 18.7 Å². The molecule has 0 radical (unpaired) electrons. The van der Waals surface area contributed by atoms with E-state index in [1.54, 1.807) is 18.2 Å². The van der Waals surface area contributed by atoms with Crippen molar-refractivity contribution in [2.24, 2.45) is 0 Å². The molecule has 0 aliphatic carbocycles. The fourth-order valence-corrected chi connectivity index (χ4v) is 2.91. The Morgan fingerprint density at radius 1 is 1.27 bits per heavy atom. The molecule has 1 saturated heterocycles. The molecule has 7 heteroatoms. The predicted molar refractivity (Wildman–Crippen MR) is 96.4 cm³/mol. The summed E-state index contributed by atoms with van der Waals surface area (Å²) in [4.78, 5) is 36.7. The molecule has 1 fully saturated rings. The first-order valence-corrected chi connectivity index (χ1v) is 8.77. The van der Waals surface area contributed by atoms with Crippen LogP contribution in [0.15, 0.2) is 33.5 Å². The van der Waals surface area contributed by atoms with Crippen LogP contribution in [0.25, 0.3) is 11.0 Å². The number of rotatable bonds is 4. The van der Waals surface area contributed by atoms with Crippen LogP contribution in [-0.2, 0) is 4.79 Å². The molecule has 2 heterocycles. The number of ether oxygens (including phenoxy) is 1. The second kappa shape index (κ2) is 7.59. The number of amides is 2. The van der Waals surface area contributed by atoms with Gasteiger partial charge in [-0.25, -0.2) is 4.79 Å². The van der Waals surface area contributed by atoms with Crippen LogP contribution in [0.1, 0.15) is 43.5 Å². The van der Waals surface area contributed by atoms with Crippen molar-refractivity contribution in [3.63, 3.8) is 0 Å². The van der Waals surface area contributed by atoms with Crippen molar-refractivity contribution in [3.8, 4) is 5.75 Å². The Morgan fingerprint density at radius 3 is 2.85 bits per heavy atom. The Kier molecular flexibility index (Phi) is 5.25. The van der Waals surface area contributed by atoms with E-state index in [-0.39, 0.29) is 17.6 Å².